The van der Waals surface area contributed by atoms with Gasteiger partial charge in [-0.2, -0.15) is 4.98 Å². The molecule has 0 amide bonds. The van der Waals surface area contributed by atoms with Crippen LogP contribution in [0.2, 0.25) is 0 Å². The van der Waals surface area contributed by atoms with Crippen LogP contribution in [0.25, 0.3) is 0 Å². The highest BCUT2D eigenvalue weighted by Gasteiger charge is 2.00. The first kappa shape index (κ1) is 9.19. The molecule has 0 bridgehead atoms. The molecular weight excluding hydrogens is 156 g/mol. The molecule has 0 saturated carbocycles. The summed E-state index contributed by atoms with van der Waals surface area (Å²) in [4.78, 5) is 4.07. The second kappa shape index (κ2) is 4.87. The maximum absolute atomic E-state index is 8.52. The van der Waals surface area contributed by atoms with Crippen molar-refractivity contribution < 1.29 is 9.63 Å². The maximum atomic E-state index is 8.52. The van der Waals surface area contributed by atoms with Gasteiger partial charge in [0.25, 0.3) is 0 Å². The maximum Gasteiger partial charge on any atom is 0.226 e. The highest BCUT2D eigenvalue weighted by atomic mass is 16.5. The average molecular weight is 170 g/mol. The number of aromatic nitrogens is 2. The van der Waals surface area contributed by atoms with E-state index in [2.05, 4.69) is 10.1 Å². The number of rotatable bonds is 5. The van der Waals surface area contributed by atoms with Gasteiger partial charge < -0.3 is 9.63 Å². The lowest BCUT2D eigenvalue weighted by Gasteiger charge is -1.93. The molecule has 0 saturated heterocycles. The normalized spacial score (nSPS) is 10.5. The molecule has 1 aromatic heterocycles. The Bertz CT molecular complexity index is 223. The molecule has 0 fully saturated rings. The minimum absolute atomic E-state index is 0.267. The van der Waals surface area contributed by atoms with Crippen LogP contribution in [-0.2, 0) is 6.42 Å². The Hall–Kier alpha value is -0.900. The highest BCUT2D eigenvalue weighted by Crippen LogP contribution is 2.03. The van der Waals surface area contributed by atoms with Crippen LogP contribution in [0.5, 0.6) is 0 Å². The van der Waals surface area contributed by atoms with Crippen LogP contribution < -0.4 is 0 Å². The molecule has 0 aromatic carbocycles. The minimum Gasteiger partial charge on any atom is -0.396 e. The number of unbranched alkanes of at least 4 members (excludes halogenated alkanes) is 2. The van der Waals surface area contributed by atoms with Crippen molar-refractivity contribution in [2.24, 2.45) is 0 Å². The number of hydrogen-bond acceptors (Lipinski definition) is 4. The molecule has 68 valence electrons. The standard InChI is InChI=1S/C8H14N2O2/c1-7-9-8(12-10-7)5-3-2-4-6-11/h11H,2-6H2,1H3. The molecule has 0 radical (unpaired) electrons. The quantitative estimate of drug-likeness (QED) is 0.672. The van der Waals surface area contributed by atoms with E-state index in [0.717, 1.165) is 25.7 Å². The fourth-order valence-corrected chi connectivity index (χ4v) is 1.01. The zero-order valence-electron chi connectivity index (χ0n) is 7.29. The van der Waals surface area contributed by atoms with Gasteiger partial charge in [0, 0.05) is 13.0 Å². The topological polar surface area (TPSA) is 59.2 Å². The van der Waals surface area contributed by atoms with Crippen molar-refractivity contribution in [2.45, 2.75) is 32.6 Å². The van der Waals surface area contributed by atoms with Crippen molar-refractivity contribution in [2.75, 3.05) is 6.61 Å². The van der Waals surface area contributed by atoms with Crippen molar-refractivity contribution >= 4 is 0 Å². The number of hydrogen-bond donors (Lipinski definition) is 1. The van der Waals surface area contributed by atoms with Crippen LogP contribution in [-0.4, -0.2) is 21.9 Å². The fourth-order valence-electron chi connectivity index (χ4n) is 1.01. The molecular formula is C8H14N2O2. The van der Waals surface area contributed by atoms with Gasteiger partial charge in [0.1, 0.15) is 0 Å². The van der Waals surface area contributed by atoms with E-state index in [4.69, 9.17) is 9.63 Å². The molecule has 12 heavy (non-hydrogen) atoms. The van der Waals surface area contributed by atoms with E-state index in [1.807, 2.05) is 0 Å². The Balaban J connectivity index is 2.15. The van der Waals surface area contributed by atoms with Gasteiger partial charge in [-0.05, 0) is 19.8 Å². The summed E-state index contributed by atoms with van der Waals surface area (Å²) in [6.07, 6.45) is 3.69. The lowest BCUT2D eigenvalue weighted by atomic mass is 10.2. The van der Waals surface area contributed by atoms with Crippen LogP contribution in [0.1, 0.15) is 31.0 Å². The molecule has 0 aliphatic rings. The van der Waals surface area contributed by atoms with E-state index in [-0.39, 0.29) is 6.61 Å². The van der Waals surface area contributed by atoms with Crippen molar-refractivity contribution in [3.63, 3.8) is 0 Å². The molecule has 0 aliphatic heterocycles. The molecule has 0 unspecified atom stereocenters. The van der Waals surface area contributed by atoms with Gasteiger partial charge in [-0.25, -0.2) is 0 Å². The summed E-state index contributed by atoms with van der Waals surface area (Å²) in [5.74, 6) is 1.39. The second-order valence-electron chi connectivity index (χ2n) is 2.77. The zero-order valence-corrected chi connectivity index (χ0v) is 7.29. The van der Waals surface area contributed by atoms with Crippen LogP contribution >= 0.6 is 0 Å². The van der Waals surface area contributed by atoms with E-state index >= 15 is 0 Å². The van der Waals surface area contributed by atoms with Crippen molar-refractivity contribution in [3.05, 3.63) is 11.7 Å². The summed E-state index contributed by atoms with van der Waals surface area (Å²) >= 11 is 0. The lowest BCUT2D eigenvalue weighted by Crippen LogP contribution is -1.88. The molecule has 0 spiro atoms. The molecule has 1 N–H and O–H groups in total. The van der Waals surface area contributed by atoms with Gasteiger partial charge >= 0.3 is 0 Å². The molecule has 1 aromatic rings. The summed E-state index contributed by atoms with van der Waals surface area (Å²) in [5, 5.41) is 12.2. The van der Waals surface area contributed by atoms with E-state index in [9.17, 15) is 0 Å². The van der Waals surface area contributed by atoms with Gasteiger partial charge in [0.15, 0.2) is 5.82 Å². The van der Waals surface area contributed by atoms with E-state index < -0.39 is 0 Å². The van der Waals surface area contributed by atoms with Crippen molar-refractivity contribution in [1.82, 2.24) is 10.1 Å². The summed E-state index contributed by atoms with van der Waals surface area (Å²) in [7, 11) is 0. The molecule has 4 heteroatoms. The smallest absolute Gasteiger partial charge is 0.226 e. The number of aliphatic hydroxyl groups is 1. The van der Waals surface area contributed by atoms with Crippen molar-refractivity contribution in [1.29, 1.82) is 0 Å². The molecule has 1 heterocycles. The van der Waals surface area contributed by atoms with Gasteiger partial charge in [0.2, 0.25) is 5.89 Å². The predicted octanol–water partition coefficient (Wildman–Crippen LogP) is 1.08. The summed E-state index contributed by atoms with van der Waals surface area (Å²) in [6, 6.07) is 0. The molecule has 0 aliphatic carbocycles. The third kappa shape index (κ3) is 3.00. The van der Waals surface area contributed by atoms with Crippen LogP contribution in [0.4, 0.5) is 0 Å². The van der Waals surface area contributed by atoms with Crippen LogP contribution in [0.15, 0.2) is 4.52 Å². The van der Waals surface area contributed by atoms with Crippen LogP contribution in [0.3, 0.4) is 0 Å². The zero-order chi connectivity index (χ0) is 8.81. The third-order valence-electron chi connectivity index (χ3n) is 1.62. The number of nitrogens with zero attached hydrogens (tertiary/aromatic N) is 2. The fraction of sp³-hybridized carbons (Fsp3) is 0.750. The van der Waals surface area contributed by atoms with Crippen molar-refractivity contribution in [3.8, 4) is 0 Å². The van der Waals surface area contributed by atoms with E-state index in [0.29, 0.717) is 11.7 Å². The first-order valence-corrected chi connectivity index (χ1v) is 4.23. The average Bonchev–Trinajstić information content (AvgIpc) is 2.45. The van der Waals surface area contributed by atoms with E-state index in [1.54, 1.807) is 6.92 Å². The molecule has 1 rings (SSSR count). The van der Waals surface area contributed by atoms with Gasteiger partial charge in [-0.1, -0.05) is 11.6 Å². The van der Waals surface area contributed by atoms with Gasteiger partial charge in [-0.3, -0.25) is 0 Å². The largest absolute Gasteiger partial charge is 0.396 e. The first-order valence-electron chi connectivity index (χ1n) is 4.23. The van der Waals surface area contributed by atoms with Gasteiger partial charge in [-0.15, -0.1) is 0 Å². The minimum atomic E-state index is 0.267. The van der Waals surface area contributed by atoms with E-state index in [1.165, 1.54) is 0 Å². The Morgan fingerprint density at radius 1 is 1.33 bits per heavy atom. The number of aryl methyl sites for hydroxylation is 2. The summed E-state index contributed by atoms with van der Waals surface area (Å²) in [6.45, 7) is 2.07. The highest BCUT2D eigenvalue weighted by molar-refractivity contribution is 4.82. The summed E-state index contributed by atoms with van der Waals surface area (Å²) < 4.78 is 4.92. The Morgan fingerprint density at radius 2 is 2.17 bits per heavy atom. The van der Waals surface area contributed by atoms with Gasteiger partial charge in [0.05, 0.1) is 0 Å². The third-order valence-corrected chi connectivity index (χ3v) is 1.62. The lowest BCUT2D eigenvalue weighted by molar-refractivity contribution is 0.281. The predicted molar refractivity (Wildman–Crippen MR) is 43.7 cm³/mol. The Kier molecular flexibility index (Phi) is 3.73. The molecule has 0 atom stereocenters. The van der Waals surface area contributed by atoms with Crippen LogP contribution in [0, 0.1) is 6.92 Å². The monoisotopic (exact) mass is 170 g/mol. The Morgan fingerprint density at radius 3 is 2.75 bits per heavy atom. The summed E-state index contributed by atoms with van der Waals surface area (Å²) in [5.41, 5.74) is 0. The first-order chi connectivity index (χ1) is 5.83. The Labute approximate surface area is 71.6 Å². The second-order valence-corrected chi connectivity index (χ2v) is 2.77. The SMILES string of the molecule is Cc1noc(CCCCCO)n1. The number of aliphatic hydroxyl groups excluding tert-OH is 1. The molecule has 4 nitrogen and oxygen atoms in total.